The third-order valence-electron chi connectivity index (χ3n) is 5.61. The van der Waals surface area contributed by atoms with E-state index in [1.807, 2.05) is 33.5 Å². The van der Waals surface area contributed by atoms with Gasteiger partial charge in [0, 0.05) is 30.4 Å². The molecule has 1 N–H and O–H groups in total. The van der Waals surface area contributed by atoms with Crippen LogP contribution >= 0.6 is 0 Å². The summed E-state index contributed by atoms with van der Waals surface area (Å²) in [7, 11) is 0. The zero-order chi connectivity index (χ0) is 20.8. The van der Waals surface area contributed by atoms with Crippen molar-refractivity contribution in [3.8, 4) is 17.2 Å². The third-order valence-corrected chi connectivity index (χ3v) is 5.61. The van der Waals surface area contributed by atoms with E-state index in [0.717, 1.165) is 24.2 Å². The van der Waals surface area contributed by atoms with Crippen LogP contribution in [0.25, 0.3) is 17.2 Å². The topological polar surface area (TPSA) is 103 Å². The summed E-state index contributed by atoms with van der Waals surface area (Å²) in [6.45, 7) is 0. The molecule has 0 saturated heterocycles. The van der Waals surface area contributed by atoms with Gasteiger partial charge in [-0.15, -0.1) is 10.2 Å². The minimum Gasteiger partial charge on any atom is -0.309 e. The minimum atomic E-state index is -0.326. The number of carbonyl (C=O) groups is 1. The van der Waals surface area contributed by atoms with Crippen molar-refractivity contribution in [1.82, 2.24) is 34.3 Å². The van der Waals surface area contributed by atoms with Gasteiger partial charge < -0.3 is 14.5 Å². The van der Waals surface area contributed by atoms with Crippen LogP contribution in [0, 0.1) is 0 Å². The van der Waals surface area contributed by atoms with E-state index in [1.165, 1.54) is 12.8 Å². The molecular formula is C22H20N8O. The second-order valence-corrected chi connectivity index (χ2v) is 8.03. The predicted molar refractivity (Wildman–Crippen MR) is 113 cm³/mol. The minimum absolute atomic E-state index is 0.300. The Morgan fingerprint density at radius 1 is 1.06 bits per heavy atom. The summed E-state index contributed by atoms with van der Waals surface area (Å²) in [4.78, 5) is 26.1. The number of aromatic nitrogens is 7. The number of carbonyl (C=O) groups excluding carboxylic acids is 1. The smallest absolute Gasteiger partial charge is 0.275 e. The second kappa shape index (κ2) is 7.12. The Labute approximate surface area is 178 Å². The number of pyridine rings is 2. The molecule has 4 aromatic rings. The molecule has 2 saturated carbocycles. The highest BCUT2D eigenvalue weighted by Crippen LogP contribution is 2.39. The third kappa shape index (κ3) is 3.58. The van der Waals surface area contributed by atoms with E-state index in [0.29, 0.717) is 35.0 Å². The fourth-order valence-electron chi connectivity index (χ4n) is 3.63. The van der Waals surface area contributed by atoms with Crippen LogP contribution in [-0.4, -0.2) is 40.2 Å². The van der Waals surface area contributed by atoms with Crippen molar-refractivity contribution >= 4 is 11.7 Å². The number of nitrogens with one attached hydrogen (secondary N) is 1. The van der Waals surface area contributed by atoms with Crippen LogP contribution in [0.2, 0.25) is 0 Å². The Morgan fingerprint density at radius 3 is 2.81 bits per heavy atom. The fraction of sp³-hybridized carbons (Fsp3) is 0.273. The molecule has 0 radical (unpaired) electrons. The Morgan fingerprint density at radius 2 is 1.97 bits per heavy atom. The zero-order valence-electron chi connectivity index (χ0n) is 16.7. The van der Waals surface area contributed by atoms with Gasteiger partial charge in [0.2, 0.25) is 0 Å². The molecule has 9 nitrogen and oxygen atoms in total. The van der Waals surface area contributed by atoms with E-state index in [4.69, 9.17) is 0 Å². The van der Waals surface area contributed by atoms with E-state index in [1.54, 1.807) is 31.0 Å². The zero-order valence-corrected chi connectivity index (χ0v) is 16.7. The molecule has 4 heterocycles. The van der Waals surface area contributed by atoms with Gasteiger partial charge in [-0.3, -0.25) is 4.79 Å². The molecule has 0 unspecified atom stereocenters. The highest BCUT2D eigenvalue weighted by atomic mass is 16.1. The first-order valence-electron chi connectivity index (χ1n) is 10.4. The maximum Gasteiger partial charge on any atom is 0.275 e. The maximum atomic E-state index is 12.8. The summed E-state index contributed by atoms with van der Waals surface area (Å²) in [6.07, 6.45) is 11.9. The standard InChI is InChI=1S/C22H20N8O/c31-22(18-3-1-2-17(26-18)21-28-25-13-30(21)15-6-7-15)27-20-10-16(8-9-23-20)29-11-19(24-12-29)14-4-5-14/h1-3,8-15H,4-7H2,(H,23,27,31). The fourth-order valence-corrected chi connectivity index (χ4v) is 3.63. The van der Waals surface area contributed by atoms with Crippen LogP contribution in [-0.2, 0) is 0 Å². The Balaban J connectivity index is 1.22. The highest BCUT2D eigenvalue weighted by Gasteiger charge is 2.27. The molecule has 0 atom stereocenters. The SMILES string of the molecule is O=C(Nc1cc(-n2cnc(C3CC3)c2)ccn1)c1cccc(-c2nncn2C2CC2)n1. The van der Waals surface area contributed by atoms with Gasteiger partial charge in [0.05, 0.1) is 17.7 Å². The van der Waals surface area contributed by atoms with E-state index in [2.05, 4.69) is 30.5 Å². The van der Waals surface area contributed by atoms with Crippen LogP contribution in [0.3, 0.4) is 0 Å². The maximum absolute atomic E-state index is 12.8. The Hall–Kier alpha value is -3.88. The van der Waals surface area contributed by atoms with Gasteiger partial charge in [-0.25, -0.2) is 15.0 Å². The van der Waals surface area contributed by atoms with E-state index >= 15 is 0 Å². The molecule has 0 spiro atoms. The van der Waals surface area contributed by atoms with Gasteiger partial charge in [-0.1, -0.05) is 6.07 Å². The Bertz CT molecular complexity index is 1270. The number of rotatable bonds is 6. The Kier molecular flexibility index (Phi) is 4.12. The van der Waals surface area contributed by atoms with E-state index < -0.39 is 0 Å². The number of hydrogen-bond acceptors (Lipinski definition) is 6. The summed E-state index contributed by atoms with van der Waals surface area (Å²) in [5.41, 5.74) is 2.94. The van der Waals surface area contributed by atoms with E-state index in [-0.39, 0.29) is 5.91 Å². The van der Waals surface area contributed by atoms with Crippen LogP contribution in [0.4, 0.5) is 5.82 Å². The van der Waals surface area contributed by atoms with Crippen LogP contribution in [0.15, 0.2) is 55.4 Å². The van der Waals surface area contributed by atoms with Gasteiger partial charge >= 0.3 is 0 Å². The molecule has 31 heavy (non-hydrogen) atoms. The first-order valence-corrected chi connectivity index (χ1v) is 10.4. The van der Waals surface area contributed by atoms with Crippen molar-refractivity contribution in [2.24, 2.45) is 0 Å². The van der Waals surface area contributed by atoms with Crippen molar-refractivity contribution in [1.29, 1.82) is 0 Å². The highest BCUT2D eigenvalue weighted by molar-refractivity contribution is 6.02. The van der Waals surface area contributed by atoms with Gasteiger partial charge in [0.1, 0.15) is 23.5 Å². The summed E-state index contributed by atoms with van der Waals surface area (Å²) in [6, 6.07) is 9.46. The van der Waals surface area contributed by atoms with Crippen molar-refractivity contribution in [2.75, 3.05) is 5.32 Å². The molecule has 4 aromatic heterocycles. The molecule has 2 aliphatic rings. The molecule has 1 amide bonds. The predicted octanol–water partition coefficient (Wildman–Crippen LogP) is 3.39. The lowest BCUT2D eigenvalue weighted by Crippen LogP contribution is -2.15. The number of nitrogens with zero attached hydrogens (tertiary/aromatic N) is 7. The molecule has 2 fully saturated rings. The normalized spacial score (nSPS) is 15.7. The molecule has 6 rings (SSSR count). The van der Waals surface area contributed by atoms with Crippen LogP contribution in [0.5, 0.6) is 0 Å². The lowest BCUT2D eigenvalue weighted by Gasteiger charge is -2.08. The summed E-state index contributed by atoms with van der Waals surface area (Å²) in [5.74, 6) is 1.40. The second-order valence-electron chi connectivity index (χ2n) is 8.03. The van der Waals surface area contributed by atoms with Gasteiger partial charge in [0.25, 0.3) is 5.91 Å². The molecular weight excluding hydrogens is 392 g/mol. The van der Waals surface area contributed by atoms with E-state index in [9.17, 15) is 4.79 Å². The van der Waals surface area contributed by atoms with Crippen molar-refractivity contribution in [3.05, 3.63) is 66.8 Å². The molecule has 0 bridgehead atoms. The van der Waals surface area contributed by atoms with Crippen LogP contribution in [0.1, 0.15) is 53.8 Å². The first-order chi connectivity index (χ1) is 15.2. The van der Waals surface area contributed by atoms with Crippen LogP contribution < -0.4 is 5.32 Å². The molecule has 2 aliphatic carbocycles. The monoisotopic (exact) mass is 412 g/mol. The number of imidazole rings is 1. The summed E-state index contributed by atoms with van der Waals surface area (Å²) >= 11 is 0. The largest absolute Gasteiger partial charge is 0.309 e. The number of anilines is 1. The first kappa shape index (κ1) is 17.9. The lowest BCUT2D eigenvalue weighted by molar-refractivity contribution is 0.102. The van der Waals surface area contributed by atoms with Crippen molar-refractivity contribution in [3.63, 3.8) is 0 Å². The number of amides is 1. The van der Waals surface area contributed by atoms with Gasteiger partial charge in [0.15, 0.2) is 5.82 Å². The molecule has 154 valence electrons. The number of hydrogen-bond donors (Lipinski definition) is 1. The average Bonchev–Trinajstić information content (AvgIpc) is 3.73. The summed E-state index contributed by atoms with van der Waals surface area (Å²) < 4.78 is 3.98. The molecule has 0 aromatic carbocycles. The lowest BCUT2D eigenvalue weighted by atomic mass is 10.2. The van der Waals surface area contributed by atoms with Gasteiger partial charge in [-0.05, 0) is 43.9 Å². The quantitative estimate of drug-likeness (QED) is 0.521. The molecule has 0 aliphatic heterocycles. The molecule has 9 heteroatoms. The average molecular weight is 412 g/mol. The van der Waals surface area contributed by atoms with Crippen molar-refractivity contribution in [2.45, 2.75) is 37.6 Å². The van der Waals surface area contributed by atoms with Gasteiger partial charge in [-0.2, -0.15) is 0 Å². The summed E-state index contributed by atoms with van der Waals surface area (Å²) in [5, 5.41) is 11.0. The van der Waals surface area contributed by atoms with Crippen molar-refractivity contribution < 1.29 is 4.79 Å².